The molecule has 0 fully saturated rings. The largest absolute Gasteiger partial charge is 0.465 e. The molecule has 0 saturated heterocycles. The number of hydrogen-bond acceptors (Lipinski definition) is 4. The maximum atomic E-state index is 12.6. The number of carbonyl (C=O) groups is 1. The monoisotopic (exact) mass is 251 g/mol. The molecule has 0 aliphatic rings. The molecule has 96 valence electrons. The molecule has 0 unspecified atom stereocenters. The van der Waals surface area contributed by atoms with Crippen LogP contribution in [0, 0.1) is 5.82 Å². The SMILES string of the molecule is CC.COC(=O)c1c[nH]c(-c2ncc(F)cn2)c1. The summed E-state index contributed by atoms with van der Waals surface area (Å²) in [4.78, 5) is 21.5. The molecule has 18 heavy (non-hydrogen) atoms. The van der Waals surface area contributed by atoms with Crippen LogP contribution < -0.4 is 0 Å². The van der Waals surface area contributed by atoms with Gasteiger partial charge in [-0.25, -0.2) is 19.2 Å². The van der Waals surface area contributed by atoms with Crippen LogP contribution in [-0.2, 0) is 4.74 Å². The number of H-pyrrole nitrogens is 1. The summed E-state index contributed by atoms with van der Waals surface area (Å²) in [5, 5.41) is 0. The van der Waals surface area contributed by atoms with Crippen LogP contribution in [0.2, 0.25) is 0 Å². The van der Waals surface area contributed by atoms with Crippen molar-refractivity contribution in [3.8, 4) is 11.5 Å². The third kappa shape index (κ3) is 3.13. The van der Waals surface area contributed by atoms with Crippen molar-refractivity contribution in [3.63, 3.8) is 0 Å². The predicted octanol–water partition coefficient (Wildman–Crippen LogP) is 2.42. The van der Waals surface area contributed by atoms with Crippen molar-refractivity contribution < 1.29 is 13.9 Å². The van der Waals surface area contributed by atoms with Gasteiger partial charge in [-0.15, -0.1) is 0 Å². The van der Waals surface area contributed by atoms with Crippen molar-refractivity contribution in [3.05, 3.63) is 36.0 Å². The quantitative estimate of drug-likeness (QED) is 0.832. The number of rotatable bonds is 2. The molecule has 0 atom stereocenters. The molecule has 0 aliphatic heterocycles. The minimum absolute atomic E-state index is 0.316. The van der Waals surface area contributed by atoms with Gasteiger partial charge in [-0.3, -0.25) is 0 Å². The lowest BCUT2D eigenvalue weighted by atomic mass is 10.3. The number of esters is 1. The third-order valence-corrected chi connectivity index (χ3v) is 1.97. The first kappa shape index (κ1) is 13.8. The number of methoxy groups -OCH3 is 1. The molecule has 1 N–H and O–H groups in total. The van der Waals surface area contributed by atoms with E-state index in [0.717, 1.165) is 12.4 Å². The molecule has 0 spiro atoms. The molecular weight excluding hydrogens is 237 g/mol. The Morgan fingerprint density at radius 1 is 1.33 bits per heavy atom. The molecule has 0 amide bonds. The van der Waals surface area contributed by atoms with Crippen molar-refractivity contribution in [1.29, 1.82) is 0 Å². The van der Waals surface area contributed by atoms with E-state index in [2.05, 4.69) is 19.7 Å². The minimum atomic E-state index is -0.511. The van der Waals surface area contributed by atoms with Gasteiger partial charge >= 0.3 is 5.97 Å². The first-order valence-corrected chi connectivity index (χ1v) is 5.45. The Balaban J connectivity index is 0.000000771. The Bertz CT molecular complexity index is 508. The number of aromatic amines is 1. The van der Waals surface area contributed by atoms with E-state index in [4.69, 9.17) is 0 Å². The van der Waals surface area contributed by atoms with Crippen molar-refractivity contribution in [2.45, 2.75) is 13.8 Å². The fourth-order valence-corrected chi connectivity index (χ4v) is 1.21. The summed E-state index contributed by atoms with van der Waals surface area (Å²) in [6.45, 7) is 4.00. The smallest absolute Gasteiger partial charge is 0.339 e. The number of aromatic nitrogens is 3. The summed E-state index contributed by atoms with van der Waals surface area (Å²) in [5.41, 5.74) is 0.894. The van der Waals surface area contributed by atoms with E-state index in [1.165, 1.54) is 13.3 Å². The lowest BCUT2D eigenvalue weighted by Gasteiger charge is -1.94. The molecule has 2 heterocycles. The molecule has 6 heteroatoms. The van der Waals surface area contributed by atoms with E-state index in [1.54, 1.807) is 6.07 Å². The zero-order valence-electron chi connectivity index (χ0n) is 10.4. The zero-order chi connectivity index (χ0) is 13.5. The molecule has 5 nitrogen and oxygen atoms in total. The normalized spacial score (nSPS) is 9.33. The Labute approximate surface area is 104 Å². The molecule has 2 aromatic rings. The second-order valence-electron chi connectivity index (χ2n) is 3.02. The number of ether oxygens (including phenoxy) is 1. The first-order chi connectivity index (χ1) is 8.70. The number of hydrogen-bond donors (Lipinski definition) is 1. The van der Waals surface area contributed by atoms with Gasteiger partial charge in [0.25, 0.3) is 0 Å². The van der Waals surface area contributed by atoms with Gasteiger partial charge in [0.2, 0.25) is 0 Å². The lowest BCUT2D eigenvalue weighted by Crippen LogP contribution is -1.98. The first-order valence-electron chi connectivity index (χ1n) is 5.45. The summed E-state index contributed by atoms with van der Waals surface area (Å²) < 4.78 is 17.1. The molecule has 0 radical (unpaired) electrons. The molecule has 0 bridgehead atoms. The van der Waals surface area contributed by atoms with Gasteiger partial charge in [-0.05, 0) is 6.07 Å². The Morgan fingerprint density at radius 2 is 1.94 bits per heavy atom. The maximum Gasteiger partial charge on any atom is 0.339 e. The van der Waals surface area contributed by atoms with E-state index in [1.807, 2.05) is 13.8 Å². The fraction of sp³-hybridized carbons (Fsp3) is 0.250. The highest BCUT2D eigenvalue weighted by Crippen LogP contribution is 2.14. The van der Waals surface area contributed by atoms with E-state index < -0.39 is 11.8 Å². The Hall–Kier alpha value is -2.24. The van der Waals surface area contributed by atoms with E-state index in [0.29, 0.717) is 17.1 Å². The summed E-state index contributed by atoms with van der Waals surface area (Å²) in [6.07, 6.45) is 3.59. The van der Waals surface area contributed by atoms with Crippen LogP contribution in [0.1, 0.15) is 24.2 Å². The summed E-state index contributed by atoms with van der Waals surface area (Å²) in [6, 6.07) is 1.54. The van der Waals surface area contributed by atoms with Gasteiger partial charge in [0.05, 0.1) is 30.8 Å². The average Bonchev–Trinajstić information content (AvgIpc) is 2.90. The van der Waals surface area contributed by atoms with Crippen LogP contribution >= 0.6 is 0 Å². The summed E-state index contributed by atoms with van der Waals surface area (Å²) >= 11 is 0. The fourth-order valence-electron chi connectivity index (χ4n) is 1.21. The number of nitrogens with one attached hydrogen (secondary N) is 1. The molecule has 0 aromatic carbocycles. The lowest BCUT2D eigenvalue weighted by molar-refractivity contribution is 0.0601. The van der Waals surface area contributed by atoms with Crippen LogP contribution in [0.4, 0.5) is 4.39 Å². The Morgan fingerprint density at radius 3 is 2.50 bits per heavy atom. The molecule has 0 aliphatic carbocycles. The highest BCUT2D eigenvalue weighted by Gasteiger charge is 2.10. The highest BCUT2D eigenvalue weighted by atomic mass is 19.1. The molecular formula is C12H14FN3O2. The van der Waals surface area contributed by atoms with Crippen LogP contribution in [-0.4, -0.2) is 28.0 Å². The predicted molar refractivity (Wildman–Crippen MR) is 64.5 cm³/mol. The van der Waals surface area contributed by atoms with Gasteiger partial charge in [-0.2, -0.15) is 0 Å². The minimum Gasteiger partial charge on any atom is -0.465 e. The highest BCUT2D eigenvalue weighted by molar-refractivity contribution is 5.90. The summed E-state index contributed by atoms with van der Waals surface area (Å²) in [7, 11) is 1.30. The van der Waals surface area contributed by atoms with E-state index in [9.17, 15) is 9.18 Å². The van der Waals surface area contributed by atoms with Crippen LogP contribution in [0.3, 0.4) is 0 Å². The molecule has 2 aromatic heterocycles. The number of nitrogens with zero attached hydrogens (tertiary/aromatic N) is 2. The van der Waals surface area contributed by atoms with Crippen molar-refractivity contribution in [2.75, 3.05) is 7.11 Å². The second kappa shape index (κ2) is 6.48. The Kier molecular flexibility index (Phi) is 4.98. The van der Waals surface area contributed by atoms with Gasteiger partial charge < -0.3 is 9.72 Å². The molecule has 0 saturated carbocycles. The van der Waals surface area contributed by atoms with Gasteiger partial charge in [0, 0.05) is 6.20 Å². The van der Waals surface area contributed by atoms with Crippen LogP contribution in [0.25, 0.3) is 11.5 Å². The third-order valence-electron chi connectivity index (χ3n) is 1.97. The summed E-state index contributed by atoms with van der Waals surface area (Å²) in [5.74, 6) is -0.648. The topological polar surface area (TPSA) is 67.9 Å². The second-order valence-corrected chi connectivity index (χ2v) is 3.02. The van der Waals surface area contributed by atoms with Crippen molar-refractivity contribution in [2.24, 2.45) is 0 Å². The maximum absolute atomic E-state index is 12.6. The average molecular weight is 251 g/mol. The zero-order valence-corrected chi connectivity index (χ0v) is 10.4. The van der Waals surface area contributed by atoms with Gasteiger partial charge in [0.1, 0.15) is 0 Å². The van der Waals surface area contributed by atoms with Gasteiger partial charge in [-0.1, -0.05) is 13.8 Å². The van der Waals surface area contributed by atoms with Crippen LogP contribution in [0.5, 0.6) is 0 Å². The van der Waals surface area contributed by atoms with Crippen molar-refractivity contribution in [1.82, 2.24) is 15.0 Å². The van der Waals surface area contributed by atoms with Crippen molar-refractivity contribution >= 4 is 5.97 Å². The number of carbonyl (C=O) groups excluding carboxylic acids is 1. The standard InChI is InChI=1S/C10H8FN3O2.C2H6/c1-16-10(15)6-2-8(12-3-6)9-13-4-7(11)5-14-9;1-2/h2-5,12H,1H3;1-2H3. The van der Waals surface area contributed by atoms with Gasteiger partial charge in [0.15, 0.2) is 11.6 Å². The van der Waals surface area contributed by atoms with E-state index in [-0.39, 0.29) is 0 Å². The molecule has 2 rings (SSSR count). The van der Waals surface area contributed by atoms with Crippen LogP contribution in [0.15, 0.2) is 24.7 Å². The number of halogens is 1. The van der Waals surface area contributed by atoms with E-state index >= 15 is 0 Å².